The molecule has 4 heteroatoms. The second-order valence-corrected chi connectivity index (χ2v) is 4.66. The lowest BCUT2D eigenvalue weighted by molar-refractivity contribution is 0.112. The van der Waals surface area contributed by atoms with E-state index >= 15 is 0 Å². The van der Waals surface area contributed by atoms with Crippen LogP contribution in [0.15, 0.2) is 42.5 Å². The third kappa shape index (κ3) is 3.75. The first-order chi connectivity index (χ1) is 9.72. The summed E-state index contributed by atoms with van der Waals surface area (Å²) in [7, 11) is 1.64. The second-order valence-electron chi connectivity index (χ2n) is 4.25. The summed E-state index contributed by atoms with van der Waals surface area (Å²) in [4.78, 5) is 10.6. The molecule has 0 saturated carbocycles. The number of ether oxygens (including phenoxy) is 2. The van der Waals surface area contributed by atoms with Gasteiger partial charge in [-0.2, -0.15) is 0 Å². The summed E-state index contributed by atoms with van der Waals surface area (Å²) in [5.74, 6) is 1.42. The maximum absolute atomic E-state index is 10.6. The van der Waals surface area contributed by atoms with Crippen molar-refractivity contribution in [2.45, 2.75) is 6.42 Å². The zero-order valence-electron chi connectivity index (χ0n) is 11.1. The fourth-order valence-electron chi connectivity index (χ4n) is 1.78. The predicted molar refractivity (Wildman–Crippen MR) is 79.0 cm³/mol. The largest absolute Gasteiger partial charge is 0.497 e. The van der Waals surface area contributed by atoms with Crippen molar-refractivity contribution in [3.63, 3.8) is 0 Å². The van der Waals surface area contributed by atoms with Gasteiger partial charge in [0.1, 0.15) is 17.8 Å². The molecule has 20 heavy (non-hydrogen) atoms. The van der Waals surface area contributed by atoms with Crippen molar-refractivity contribution in [1.82, 2.24) is 0 Å². The molecule has 0 aliphatic rings. The smallest absolute Gasteiger partial charge is 0.150 e. The van der Waals surface area contributed by atoms with Gasteiger partial charge in [0.25, 0.3) is 0 Å². The van der Waals surface area contributed by atoms with Crippen LogP contribution in [0.5, 0.6) is 11.5 Å². The van der Waals surface area contributed by atoms with Gasteiger partial charge in [-0.25, -0.2) is 0 Å². The Morgan fingerprint density at radius 2 is 1.90 bits per heavy atom. The van der Waals surface area contributed by atoms with Gasteiger partial charge in [-0.05, 0) is 35.9 Å². The van der Waals surface area contributed by atoms with Crippen LogP contribution >= 0.6 is 11.6 Å². The van der Waals surface area contributed by atoms with Gasteiger partial charge in [-0.3, -0.25) is 4.79 Å². The molecule has 0 spiro atoms. The van der Waals surface area contributed by atoms with E-state index in [1.165, 1.54) is 0 Å². The molecule has 2 aromatic rings. The Labute approximate surface area is 123 Å². The number of carbonyl (C=O) groups excluding carboxylic acids is 1. The normalized spacial score (nSPS) is 10.1. The quantitative estimate of drug-likeness (QED) is 0.760. The lowest BCUT2D eigenvalue weighted by atomic mass is 10.1. The Morgan fingerprint density at radius 3 is 2.50 bits per heavy atom. The van der Waals surface area contributed by atoms with Crippen LogP contribution in [0.1, 0.15) is 15.9 Å². The summed E-state index contributed by atoms with van der Waals surface area (Å²) in [6.45, 7) is 0.520. The molecule has 104 valence electrons. The number of methoxy groups -OCH3 is 1. The number of halogens is 1. The molecule has 0 saturated heterocycles. The molecule has 0 radical (unpaired) electrons. The summed E-state index contributed by atoms with van der Waals surface area (Å²) >= 11 is 6.03. The molecule has 0 aromatic heterocycles. The Kier molecular flexibility index (Phi) is 5.02. The summed E-state index contributed by atoms with van der Waals surface area (Å²) in [6.07, 6.45) is 1.53. The van der Waals surface area contributed by atoms with Crippen LogP contribution in [0.25, 0.3) is 0 Å². The first-order valence-electron chi connectivity index (χ1n) is 6.23. The van der Waals surface area contributed by atoms with Crippen LogP contribution < -0.4 is 9.47 Å². The Hall–Kier alpha value is -2.00. The van der Waals surface area contributed by atoms with Crippen LogP contribution in [-0.2, 0) is 6.42 Å². The highest BCUT2D eigenvalue weighted by molar-refractivity contribution is 6.32. The fourth-order valence-corrected chi connectivity index (χ4v) is 2.02. The molecular weight excluding hydrogens is 276 g/mol. The number of hydrogen-bond acceptors (Lipinski definition) is 3. The minimum atomic E-state index is 0.448. The third-order valence-corrected chi connectivity index (χ3v) is 3.19. The van der Waals surface area contributed by atoms with Crippen molar-refractivity contribution in [2.24, 2.45) is 0 Å². The van der Waals surface area contributed by atoms with E-state index in [1.54, 1.807) is 25.3 Å². The number of aldehydes is 1. The van der Waals surface area contributed by atoms with Crippen molar-refractivity contribution < 1.29 is 14.3 Å². The second kappa shape index (κ2) is 6.96. The van der Waals surface area contributed by atoms with Crippen LogP contribution in [0.4, 0.5) is 0 Å². The topological polar surface area (TPSA) is 35.5 Å². The minimum Gasteiger partial charge on any atom is -0.497 e. The molecule has 0 aliphatic heterocycles. The predicted octanol–water partition coefficient (Wildman–Crippen LogP) is 3.78. The van der Waals surface area contributed by atoms with Gasteiger partial charge in [0, 0.05) is 12.0 Å². The van der Waals surface area contributed by atoms with E-state index in [0.29, 0.717) is 22.9 Å². The first-order valence-corrected chi connectivity index (χ1v) is 6.61. The van der Waals surface area contributed by atoms with Gasteiger partial charge in [-0.15, -0.1) is 0 Å². The van der Waals surface area contributed by atoms with Gasteiger partial charge < -0.3 is 9.47 Å². The van der Waals surface area contributed by atoms with Crippen LogP contribution in [-0.4, -0.2) is 20.0 Å². The maximum Gasteiger partial charge on any atom is 0.150 e. The fraction of sp³-hybridized carbons (Fsp3) is 0.188. The molecule has 0 aliphatic carbocycles. The van der Waals surface area contributed by atoms with Gasteiger partial charge in [0.05, 0.1) is 18.7 Å². The molecule has 0 fully saturated rings. The zero-order chi connectivity index (χ0) is 14.4. The van der Waals surface area contributed by atoms with E-state index in [-0.39, 0.29) is 0 Å². The van der Waals surface area contributed by atoms with E-state index in [9.17, 15) is 4.79 Å². The molecule has 0 atom stereocenters. The average molecular weight is 291 g/mol. The molecule has 0 unspecified atom stereocenters. The van der Waals surface area contributed by atoms with Crippen molar-refractivity contribution >= 4 is 17.9 Å². The molecule has 3 nitrogen and oxygen atoms in total. The van der Waals surface area contributed by atoms with Gasteiger partial charge in [0.15, 0.2) is 0 Å². The summed E-state index contributed by atoms with van der Waals surface area (Å²) < 4.78 is 10.7. The number of rotatable bonds is 6. The summed E-state index contributed by atoms with van der Waals surface area (Å²) in [6, 6.07) is 12.8. The molecule has 0 heterocycles. The lowest BCUT2D eigenvalue weighted by Gasteiger charge is -2.08. The zero-order valence-corrected chi connectivity index (χ0v) is 11.9. The molecular formula is C16H15ClO3. The SMILES string of the molecule is COc1ccc(CCOc2ccc(C=O)cc2Cl)cc1. The molecule has 2 aromatic carbocycles. The summed E-state index contributed by atoms with van der Waals surface area (Å²) in [5.41, 5.74) is 1.70. The monoisotopic (exact) mass is 290 g/mol. The van der Waals surface area contributed by atoms with Crippen molar-refractivity contribution in [2.75, 3.05) is 13.7 Å². The van der Waals surface area contributed by atoms with Crippen LogP contribution in [0, 0.1) is 0 Å². The lowest BCUT2D eigenvalue weighted by Crippen LogP contribution is -2.02. The van der Waals surface area contributed by atoms with Gasteiger partial charge in [0.2, 0.25) is 0 Å². The van der Waals surface area contributed by atoms with Crippen LogP contribution in [0.3, 0.4) is 0 Å². The number of benzene rings is 2. The standard InChI is InChI=1S/C16H15ClO3/c1-19-14-5-2-12(3-6-14)8-9-20-16-7-4-13(11-18)10-15(16)17/h2-7,10-11H,8-9H2,1H3. The highest BCUT2D eigenvalue weighted by Crippen LogP contribution is 2.25. The number of carbonyl (C=O) groups is 1. The van der Waals surface area contributed by atoms with Crippen molar-refractivity contribution in [3.8, 4) is 11.5 Å². The highest BCUT2D eigenvalue weighted by atomic mass is 35.5. The Balaban J connectivity index is 1.90. The Bertz CT molecular complexity index is 579. The van der Waals surface area contributed by atoms with Gasteiger partial charge in [-0.1, -0.05) is 23.7 Å². The first kappa shape index (κ1) is 14.4. The van der Waals surface area contributed by atoms with E-state index in [4.69, 9.17) is 21.1 Å². The van der Waals surface area contributed by atoms with E-state index in [0.717, 1.165) is 24.0 Å². The summed E-state index contributed by atoms with van der Waals surface area (Å²) in [5, 5.41) is 0.448. The van der Waals surface area contributed by atoms with E-state index < -0.39 is 0 Å². The number of hydrogen-bond donors (Lipinski definition) is 0. The van der Waals surface area contributed by atoms with E-state index in [2.05, 4.69) is 0 Å². The maximum atomic E-state index is 10.6. The van der Waals surface area contributed by atoms with Crippen LogP contribution in [0.2, 0.25) is 5.02 Å². The van der Waals surface area contributed by atoms with Crippen molar-refractivity contribution in [1.29, 1.82) is 0 Å². The third-order valence-electron chi connectivity index (χ3n) is 2.90. The minimum absolute atomic E-state index is 0.448. The molecule has 0 amide bonds. The average Bonchev–Trinajstić information content (AvgIpc) is 2.49. The van der Waals surface area contributed by atoms with Gasteiger partial charge >= 0.3 is 0 Å². The molecule has 2 rings (SSSR count). The van der Waals surface area contributed by atoms with Crippen molar-refractivity contribution in [3.05, 3.63) is 58.6 Å². The highest BCUT2D eigenvalue weighted by Gasteiger charge is 2.03. The molecule has 0 bridgehead atoms. The Morgan fingerprint density at radius 1 is 1.15 bits per heavy atom. The molecule has 0 N–H and O–H groups in total. The van der Waals surface area contributed by atoms with E-state index in [1.807, 2.05) is 24.3 Å².